The molecule has 0 heterocycles. The first-order chi connectivity index (χ1) is 11.7. The molecule has 0 bridgehead atoms. The largest absolute Gasteiger partial charge is 1.00 e. The molecule has 0 saturated heterocycles. The molecule has 0 rings (SSSR count). The Morgan fingerprint density at radius 3 is 1.65 bits per heavy atom. The van der Waals surface area contributed by atoms with Crippen molar-refractivity contribution >= 4 is 5.91 Å². The Kier molecular flexibility index (Phi) is 27.2. The molecule has 0 aliphatic rings. The maximum absolute atomic E-state index is 12.7. The van der Waals surface area contributed by atoms with Crippen LogP contribution < -0.4 is 36.3 Å². The Balaban J connectivity index is -0.00000264. The van der Waals surface area contributed by atoms with E-state index in [4.69, 9.17) is 0 Å². The molecule has 0 aromatic carbocycles. The summed E-state index contributed by atoms with van der Waals surface area (Å²) >= 11 is 0. The third-order valence-corrected chi connectivity index (χ3v) is 4.78. The lowest BCUT2D eigenvalue weighted by atomic mass is 10.1. The van der Waals surface area contributed by atoms with Crippen molar-refractivity contribution in [2.24, 2.45) is 0 Å². The minimum atomic E-state index is -0.0668. The summed E-state index contributed by atoms with van der Waals surface area (Å²) in [5.41, 5.74) is 8.01. The van der Waals surface area contributed by atoms with Crippen molar-refractivity contribution in [1.82, 2.24) is 4.90 Å². The Morgan fingerprint density at radius 1 is 0.769 bits per heavy atom. The zero-order valence-corrected chi connectivity index (χ0v) is 18.9. The van der Waals surface area contributed by atoms with E-state index in [-0.39, 0.29) is 36.8 Å². The van der Waals surface area contributed by atoms with E-state index in [2.05, 4.69) is 30.2 Å². The van der Waals surface area contributed by atoms with Gasteiger partial charge < -0.3 is 41.2 Å². The van der Waals surface area contributed by atoms with Crippen molar-refractivity contribution in [2.45, 2.75) is 103 Å². The van der Waals surface area contributed by atoms with Crippen LogP contribution in [-0.4, -0.2) is 36.5 Å². The molecule has 0 fully saturated rings. The highest BCUT2D eigenvalue weighted by Gasteiger charge is 2.23. The van der Waals surface area contributed by atoms with E-state index in [0.29, 0.717) is 0 Å². The Bertz CT molecular complexity index is 280. The van der Waals surface area contributed by atoms with Crippen molar-refractivity contribution in [1.29, 1.82) is 0 Å². The molecule has 6 heteroatoms. The highest BCUT2D eigenvalue weighted by atomic mass is 35.5. The molecule has 0 radical (unpaired) electrons. The van der Waals surface area contributed by atoms with Crippen LogP contribution in [0.1, 0.15) is 97.3 Å². The standard InChI is InChI=1S/C20H43N3O.2ClH/c1-3-5-7-9-13-17-23(18-14-10-8-6-4-2)20(24)19(22)15-11-12-16-21;;/h19H,3-18,21-22H2,1-2H3;2*1H/t19-;;/m0../s1. The fourth-order valence-electron chi connectivity index (χ4n) is 3.09. The SMILES string of the molecule is CCCCCCCN(CCCCCCC)C(=O)[C@@H]([NH3+])CCCC[NH3+].[Cl-].[Cl-]. The van der Waals surface area contributed by atoms with Gasteiger partial charge in [0.25, 0.3) is 5.91 Å². The Morgan fingerprint density at radius 2 is 1.23 bits per heavy atom. The molecule has 0 aromatic heterocycles. The summed E-state index contributed by atoms with van der Waals surface area (Å²) in [6, 6.07) is -0.0668. The minimum absolute atomic E-state index is 0. The molecular weight excluding hydrogens is 369 g/mol. The number of halogens is 2. The van der Waals surface area contributed by atoms with Gasteiger partial charge >= 0.3 is 0 Å². The highest BCUT2D eigenvalue weighted by Crippen LogP contribution is 2.09. The van der Waals surface area contributed by atoms with Crippen molar-refractivity contribution < 1.29 is 41.1 Å². The Labute approximate surface area is 175 Å². The van der Waals surface area contributed by atoms with Crippen LogP contribution in [0.5, 0.6) is 0 Å². The number of carbonyl (C=O) groups excluding carboxylic acids is 1. The second kappa shape index (κ2) is 23.0. The second-order valence-corrected chi connectivity index (χ2v) is 7.20. The van der Waals surface area contributed by atoms with E-state index in [0.717, 1.165) is 51.7 Å². The lowest BCUT2D eigenvalue weighted by molar-refractivity contribution is -0.408. The predicted octanol–water partition coefficient (Wildman–Crippen LogP) is -3.21. The first kappa shape index (κ1) is 30.7. The van der Waals surface area contributed by atoms with Crippen LogP contribution in [-0.2, 0) is 4.79 Å². The van der Waals surface area contributed by atoms with Crippen LogP contribution in [0.3, 0.4) is 0 Å². The normalized spacial score (nSPS) is 11.4. The molecule has 0 unspecified atom stereocenters. The summed E-state index contributed by atoms with van der Waals surface area (Å²) in [7, 11) is 0. The van der Waals surface area contributed by atoms with Gasteiger partial charge in [0, 0.05) is 19.5 Å². The third kappa shape index (κ3) is 17.4. The third-order valence-electron chi connectivity index (χ3n) is 4.78. The van der Waals surface area contributed by atoms with Gasteiger partial charge in [-0.25, -0.2) is 0 Å². The number of amides is 1. The topological polar surface area (TPSA) is 75.6 Å². The number of nitrogens with zero attached hydrogens (tertiary/aromatic N) is 1. The summed E-state index contributed by atoms with van der Waals surface area (Å²) < 4.78 is 0. The fraction of sp³-hybridized carbons (Fsp3) is 0.950. The number of hydrogen-bond donors (Lipinski definition) is 2. The maximum atomic E-state index is 12.7. The summed E-state index contributed by atoms with van der Waals surface area (Å²) in [6.07, 6.45) is 15.6. The van der Waals surface area contributed by atoms with Gasteiger partial charge in [-0.1, -0.05) is 65.2 Å². The minimum Gasteiger partial charge on any atom is -1.00 e. The molecule has 4 nitrogen and oxygen atoms in total. The zero-order valence-electron chi connectivity index (χ0n) is 17.4. The lowest BCUT2D eigenvalue weighted by Gasteiger charge is -2.24. The van der Waals surface area contributed by atoms with E-state index >= 15 is 0 Å². The van der Waals surface area contributed by atoms with Gasteiger partial charge in [0.15, 0.2) is 6.04 Å². The molecule has 0 aliphatic carbocycles. The summed E-state index contributed by atoms with van der Waals surface area (Å²) in [5.74, 6) is 0.282. The van der Waals surface area contributed by atoms with Crippen molar-refractivity contribution in [3.63, 3.8) is 0 Å². The van der Waals surface area contributed by atoms with Gasteiger partial charge in [0.2, 0.25) is 0 Å². The molecule has 0 aromatic rings. The number of quaternary nitrogens is 2. The van der Waals surface area contributed by atoms with Crippen LogP contribution in [0.2, 0.25) is 0 Å². The van der Waals surface area contributed by atoms with Crippen molar-refractivity contribution in [2.75, 3.05) is 19.6 Å². The molecular formula is C20H45Cl2N3O. The van der Waals surface area contributed by atoms with Crippen LogP contribution in [0, 0.1) is 0 Å². The average molecular weight is 415 g/mol. The van der Waals surface area contributed by atoms with Gasteiger partial charge in [-0.3, -0.25) is 4.79 Å². The predicted molar refractivity (Wildman–Crippen MR) is 102 cm³/mol. The molecule has 0 saturated carbocycles. The van der Waals surface area contributed by atoms with E-state index in [1.807, 2.05) is 0 Å². The highest BCUT2D eigenvalue weighted by molar-refractivity contribution is 5.80. The first-order valence-corrected chi connectivity index (χ1v) is 10.6. The van der Waals surface area contributed by atoms with Crippen LogP contribution in [0.4, 0.5) is 0 Å². The fourth-order valence-corrected chi connectivity index (χ4v) is 3.09. The van der Waals surface area contributed by atoms with Crippen LogP contribution >= 0.6 is 0 Å². The molecule has 26 heavy (non-hydrogen) atoms. The second-order valence-electron chi connectivity index (χ2n) is 7.20. The van der Waals surface area contributed by atoms with E-state index < -0.39 is 0 Å². The van der Waals surface area contributed by atoms with Crippen LogP contribution in [0.15, 0.2) is 0 Å². The summed E-state index contributed by atoms with van der Waals surface area (Å²) in [5, 5.41) is 0. The zero-order chi connectivity index (χ0) is 18.0. The molecule has 1 atom stereocenters. The smallest absolute Gasteiger partial charge is 0.280 e. The molecule has 0 spiro atoms. The average Bonchev–Trinajstić information content (AvgIpc) is 2.59. The molecule has 6 N–H and O–H groups in total. The first-order valence-electron chi connectivity index (χ1n) is 10.6. The quantitative estimate of drug-likeness (QED) is 0.242. The monoisotopic (exact) mass is 413 g/mol. The van der Waals surface area contributed by atoms with Gasteiger partial charge in [-0.2, -0.15) is 0 Å². The number of unbranched alkanes of at least 4 members (excludes halogenated alkanes) is 9. The van der Waals surface area contributed by atoms with E-state index in [9.17, 15) is 4.79 Å². The van der Waals surface area contributed by atoms with Gasteiger partial charge in [-0.05, 0) is 25.7 Å². The van der Waals surface area contributed by atoms with Crippen molar-refractivity contribution in [3.05, 3.63) is 0 Å². The molecule has 1 amide bonds. The number of carbonyl (C=O) groups is 1. The molecule has 0 aliphatic heterocycles. The summed E-state index contributed by atoms with van der Waals surface area (Å²) in [6.45, 7) is 7.30. The number of hydrogen-bond acceptors (Lipinski definition) is 1. The molecule has 160 valence electrons. The van der Waals surface area contributed by atoms with E-state index in [1.54, 1.807) is 0 Å². The van der Waals surface area contributed by atoms with Gasteiger partial charge in [-0.15, -0.1) is 0 Å². The van der Waals surface area contributed by atoms with Gasteiger partial charge in [0.1, 0.15) is 0 Å². The maximum Gasteiger partial charge on any atom is 0.280 e. The number of rotatable bonds is 17. The van der Waals surface area contributed by atoms with E-state index in [1.165, 1.54) is 51.4 Å². The summed E-state index contributed by atoms with van der Waals surface area (Å²) in [4.78, 5) is 14.8. The van der Waals surface area contributed by atoms with Gasteiger partial charge in [0.05, 0.1) is 6.54 Å². The van der Waals surface area contributed by atoms with Crippen LogP contribution in [0.25, 0.3) is 0 Å². The Hall–Kier alpha value is -0.0300. The van der Waals surface area contributed by atoms with Crippen molar-refractivity contribution in [3.8, 4) is 0 Å². The lowest BCUT2D eigenvalue weighted by Crippen LogP contribution is -3.00.